The zero-order valence-electron chi connectivity index (χ0n) is 13.9. The lowest BCUT2D eigenvalue weighted by Gasteiger charge is -2.37. The van der Waals surface area contributed by atoms with Gasteiger partial charge in [0.2, 0.25) is 0 Å². The fourth-order valence-corrected chi connectivity index (χ4v) is 5.02. The lowest BCUT2D eigenvalue weighted by Crippen LogP contribution is -3.21. The average Bonchev–Trinajstić information content (AvgIpc) is 3.14. The molecule has 2 aromatic rings. The van der Waals surface area contributed by atoms with E-state index in [1.165, 1.54) is 35.1 Å². The maximum Gasteiger partial charge on any atom is 0.138 e. The molecular formula is C17H25N4OS+. The predicted molar refractivity (Wildman–Crippen MR) is 93.5 cm³/mol. The van der Waals surface area contributed by atoms with Crippen LogP contribution in [0.15, 0.2) is 6.33 Å². The molecule has 0 radical (unpaired) electrons. The Kier molecular flexibility index (Phi) is 3.99. The number of hydrogen-bond acceptors (Lipinski definition) is 5. The van der Waals surface area contributed by atoms with Gasteiger partial charge in [0.1, 0.15) is 35.6 Å². The molecule has 0 bridgehead atoms. The first-order valence-electron chi connectivity index (χ1n) is 8.57. The normalized spacial score (nSPS) is 19.2. The first-order chi connectivity index (χ1) is 11.1. The van der Waals surface area contributed by atoms with Crippen molar-refractivity contribution >= 4 is 27.4 Å². The Morgan fingerprint density at radius 3 is 2.91 bits per heavy atom. The molecule has 124 valence electrons. The summed E-state index contributed by atoms with van der Waals surface area (Å²) >= 11 is 1.85. The molecular weight excluding hydrogens is 308 g/mol. The van der Waals surface area contributed by atoms with E-state index < -0.39 is 0 Å². The Bertz CT molecular complexity index is 706. The number of fused-ring (bicyclic) bond motifs is 3. The summed E-state index contributed by atoms with van der Waals surface area (Å²) in [6.45, 7) is 9.49. The molecule has 2 N–H and O–H groups in total. The number of aromatic nitrogens is 2. The second-order valence-electron chi connectivity index (χ2n) is 7.21. The molecule has 0 unspecified atom stereocenters. The predicted octanol–water partition coefficient (Wildman–Crippen LogP) is 1.29. The van der Waals surface area contributed by atoms with Gasteiger partial charge in [-0.3, -0.25) is 0 Å². The lowest BCUT2D eigenvalue weighted by atomic mass is 10.0. The molecule has 23 heavy (non-hydrogen) atoms. The molecule has 4 rings (SSSR count). The van der Waals surface area contributed by atoms with Crippen molar-refractivity contribution in [2.75, 3.05) is 38.2 Å². The van der Waals surface area contributed by atoms with Crippen molar-refractivity contribution in [3.63, 3.8) is 0 Å². The first-order valence-corrected chi connectivity index (χ1v) is 9.39. The van der Waals surface area contributed by atoms with Gasteiger partial charge >= 0.3 is 0 Å². The van der Waals surface area contributed by atoms with E-state index in [9.17, 15) is 0 Å². The third kappa shape index (κ3) is 2.84. The molecule has 2 aromatic heterocycles. The Morgan fingerprint density at radius 1 is 1.26 bits per heavy atom. The highest BCUT2D eigenvalue weighted by molar-refractivity contribution is 7.19. The van der Waals surface area contributed by atoms with Crippen LogP contribution in [0.4, 0.5) is 5.82 Å². The first kappa shape index (κ1) is 15.3. The van der Waals surface area contributed by atoms with Crippen LogP contribution in [0, 0.1) is 0 Å². The van der Waals surface area contributed by atoms with E-state index >= 15 is 0 Å². The summed E-state index contributed by atoms with van der Waals surface area (Å²) < 4.78 is 5.49. The molecule has 0 atom stereocenters. The van der Waals surface area contributed by atoms with Gasteiger partial charge in [-0.25, -0.2) is 9.97 Å². The molecule has 3 heterocycles. The second kappa shape index (κ2) is 6.00. The maximum atomic E-state index is 5.49. The summed E-state index contributed by atoms with van der Waals surface area (Å²) in [6, 6.07) is 0. The fourth-order valence-electron chi connectivity index (χ4n) is 3.79. The minimum absolute atomic E-state index is 0.167. The minimum atomic E-state index is 0.167. The second-order valence-corrected chi connectivity index (χ2v) is 8.30. The molecule has 2 aliphatic rings. The van der Waals surface area contributed by atoms with E-state index in [2.05, 4.69) is 29.1 Å². The molecule has 0 aromatic carbocycles. The number of ether oxygens (including phenoxy) is 1. The number of aryl methyl sites for hydroxylation is 2. The highest BCUT2D eigenvalue weighted by Crippen LogP contribution is 2.38. The molecule has 1 fully saturated rings. The van der Waals surface area contributed by atoms with Crippen LogP contribution in [0.25, 0.3) is 10.2 Å². The number of nitrogens with zero attached hydrogens (tertiary/aromatic N) is 2. The van der Waals surface area contributed by atoms with Crippen LogP contribution in [0.1, 0.15) is 30.7 Å². The van der Waals surface area contributed by atoms with Crippen LogP contribution < -0.4 is 10.2 Å². The molecule has 1 aliphatic heterocycles. The quantitative estimate of drug-likeness (QED) is 0.885. The van der Waals surface area contributed by atoms with Gasteiger partial charge in [0.05, 0.1) is 25.1 Å². The number of nitrogens with one attached hydrogen (secondary N) is 2. The highest BCUT2D eigenvalue weighted by Gasteiger charge is 2.32. The van der Waals surface area contributed by atoms with Gasteiger partial charge in [-0.2, -0.15) is 0 Å². The SMILES string of the molecule is CC(C)(CNc1ncnc2sc3c(c12)CCC3)[NH+]1CCOCC1. The summed E-state index contributed by atoms with van der Waals surface area (Å²) in [7, 11) is 0. The van der Waals surface area contributed by atoms with E-state index in [1.807, 2.05) is 11.3 Å². The van der Waals surface area contributed by atoms with Gasteiger partial charge in [0, 0.05) is 4.88 Å². The number of rotatable bonds is 4. The van der Waals surface area contributed by atoms with Gasteiger partial charge in [0.15, 0.2) is 0 Å². The van der Waals surface area contributed by atoms with Crippen LogP contribution in [-0.4, -0.2) is 48.4 Å². The van der Waals surface area contributed by atoms with Crippen LogP contribution in [-0.2, 0) is 17.6 Å². The van der Waals surface area contributed by atoms with Crippen molar-refractivity contribution in [2.45, 2.75) is 38.6 Å². The van der Waals surface area contributed by atoms with E-state index in [0.717, 1.165) is 43.5 Å². The average molecular weight is 333 g/mol. The number of anilines is 1. The zero-order chi connectivity index (χ0) is 15.9. The Morgan fingerprint density at radius 2 is 2.09 bits per heavy atom. The number of quaternary nitrogens is 1. The molecule has 1 saturated heterocycles. The Balaban J connectivity index is 1.56. The summed E-state index contributed by atoms with van der Waals surface area (Å²) in [5.41, 5.74) is 1.66. The van der Waals surface area contributed by atoms with Crippen LogP contribution in [0.5, 0.6) is 0 Å². The minimum Gasteiger partial charge on any atom is -0.370 e. The fraction of sp³-hybridized carbons (Fsp3) is 0.647. The topological polar surface area (TPSA) is 51.5 Å². The summed E-state index contributed by atoms with van der Waals surface area (Å²) in [6.07, 6.45) is 5.36. The van der Waals surface area contributed by atoms with Gasteiger partial charge in [-0.1, -0.05) is 0 Å². The Labute approximate surface area is 141 Å². The maximum absolute atomic E-state index is 5.49. The van der Waals surface area contributed by atoms with E-state index in [4.69, 9.17) is 4.74 Å². The third-order valence-corrected chi connectivity index (χ3v) is 6.45. The molecule has 6 heteroatoms. The van der Waals surface area contributed by atoms with Crippen molar-refractivity contribution in [3.05, 3.63) is 16.8 Å². The third-order valence-electron chi connectivity index (χ3n) is 5.25. The van der Waals surface area contributed by atoms with Gasteiger partial charge in [-0.15, -0.1) is 11.3 Å². The summed E-state index contributed by atoms with van der Waals surface area (Å²) in [5.74, 6) is 1.02. The molecule has 1 aliphatic carbocycles. The molecule has 0 amide bonds. The van der Waals surface area contributed by atoms with Gasteiger partial charge in [0.25, 0.3) is 0 Å². The van der Waals surface area contributed by atoms with Crippen LogP contribution >= 0.6 is 11.3 Å². The van der Waals surface area contributed by atoms with Crippen molar-refractivity contribution in [1.82, 2.24) is 9.97 Å². The van der Waals surface area contributed by atoms with E-state index in [-0.39, 0.29) is 5.54 Å². The van der Waals surface area contributed by atoms with Crippen molar-refractivity contribution in [2.24, 2.45) is 0 Å². The highest BCUT2D eigenvalue weighted by atomic mass is 32.1. The standard InChI is InChI=1S/C17H24N4OS/c1-17(2,21-6-8-22-9-7-21)10-18-15-14-12-4-3-5-13(12)23-16(14)20-11-19-15/h11H,3-10H2,1-2H3,(H,18,19,20)/p+1. The Hall–Kier alpha value is -1.24. The molecule has 5 nitrogen and oxygen atoms in total. The zero-order valence-corrected chi connectivity index (χ0v) is 14.8. The summed E-state index contributed by atoms with van der Waals surface area (Å²) in [5, 5.41) is 4.91. The molecule has 0 spiro atoms. The lowest BCUT2D eigenvalue weighted by molar-refractivity contribution is -0.953. The van der Waals surface area contributed by atoms with E-state index in [1.54, 1.807) is 11.2 Å². The van der Waals surface area contributed by atoms with Crippen LogP contribution in [0.3, 0.4) is 0 Å². The monoisotopic (exact) mass is 333 g/mol. The molecule has 0 saturated carbocycles. The summed E-state index contributed by atoms with van der Waals surface area (Å²) in [4.78, 5) is 13.3. The largest absolute Gasteiger partial charge is 0.370 e. The van der Waals surface area contributed by atoms with Crippen molar-refractivity contribution in [1.29, 1.82) is 0 Å². The number of morpholine rings is 1. The number of hydrogen-bond donors (Lipinski definition) is 2. The van der Waals surface area contributed by atoms with Gasteiger partial charge in [-0.05, 0) is 38.7 Å². The van der Waals surface area contributed by atoms with E-state index in [0.29, 0.717) is 0 Å². The number of thiophene rings is 1. The van der Waals surface area contributed by atoms with Crippen LogP contribution in [0.2, 0.25) is 0 Å². The van der Waals surface area contributed by atoms with Crippen molar-refractivity contribution in [3.8, 4) is 0 Å². The smallest absolute Gasteiger partial charge is 0.138 e. The van der Waals surface area contributed by atoms with Gasteiger partial charge < -0.3 is 15.0 Å². The van der Waals surface area contributed by atoms with Crippen molar-refractivity contribution < 1.29 is 9.64 Å².